The number of aromatic nitrogens is 4. The second-order valence-corrected chi connectivity index (χ2v) is 6.90. The molecule has 0 amide bonds. The van der Waals surface area contributed by atoms with E-state index in [1.54, 1.807) is 16.8 Å². The van der Waals surface area contributed by atoms with Gasteiger partial charge in [-0.1, -0.05) is 6.07 Å². The van der Waals surface area contributed by atoms with Crippen LogP contribution in [0.3, 0.4) is 0 Å². The Morgan fingerprint density at radius 2 is 1.90 bits per heavy atom. The van der Waals surface area contributed by atoms with E-state index in [1.807, 2.05) is 30.5 Å². The van der Waals surface area contributed by atoms with Gasteiger partial charge in [-0.2, -0.15) is 5.10 Å². The van der Waals surface area contributed by atoms with Crippen LogP contribution in [0.5, 0.6) is 0 Å². The van der Waals surface area contributed by atoms with E-state index in [-0.39, 0.29) is 28.7 Å². The molecule has 8 heteroatoms. The van der Waals surface area contributed by atoms with Crippen molar-refractivity contribution >= 4 is 22.2 Å². The average Bonchev–Trinajstić information content (AvgIpc) is 3.33. The van der Waals surface area contributed by atoms with Crippen LogP contribution in [-0.2, 0) is 6.54 Å². The van der Waals surface area contributed by atoms with E-state index in [4.69, 9.17) is 0 Å². The third kappa shape index (κ3) is 2.89. The van der Waals surface area contributed by atoms with Gasteiger partial charge < -0.3 is 9.55 Å². The Bertz CT molecular complexity index is 1460. The van der Waals surface area contributed by atoms with Gasteiger partial charge in [-0.3, -0.25) is 9.59 Å². The minimum atomic E-state index is -0.949. The molecule has 1 aromatic carbocycles. The minimum Gasteiger partial charge on any atom is -0.356 e. The zero-order chi connectivity index (χ0) is 20.8. The van der Waals surface area contributed by atoms with Gasteiger partial charge in [-0.05, 0) is 36.4 Å². The lowest BCUT2D eigenvalue weighted by Gasteiger charge is -2.05. The molecular weight excluding hydrogens is 390 g/mol. The predicted molar refractivity (Wildman–Crippen MR) is 107 cm³/mol. The Morgan fingerprint density at radius 1 is 1.03 bits per heavy atom. The van der Waals surface area contributed by atoms with E-state index in [1.165, 1.54) is 10.8 Å². The maximum Gasteiger partial charge on any atom is 0.275 e. The molecule has 0 unspecified atom stereocenters. The zero-order valence-corrected chi connectivity index (χ0v) is 15.5. The van der Waals surface area contributed by atoms with Crippen LogP contribution in [0.1, 0.15) is 21.6 Å². The summed E-state index contributed by atoms with van der Waals surface area (Å²) >= 11 is 0. The van der Waals surface area contributed by atoms with Crippen molar-refractivity contribution < 1.29 is 13.6 Å². The number of hydrogen-bond acceptors (Lipinski definition) is 3. The highest BCUT2D eigenvalue weighted by molar-refractivity contribution is 6.16. The summed E-state index contributed by atoms with van der Waals surface area (Å²) in [7, 11) is 0. The fourth-order valence-corrected chi connectivity index (χ4v) is 3.53. The van der Waals surface area contributed by atoms with Crippen LogP contribution >= 0.6 is 0 Å². The van der Waals surface area contributed by atoms with Crippen molar-refractivity contribution in [2.75, 3.05) is 0 Å². The summed E-state index contributed by atoms with van der Waals surface area (Å²) < 4.78 is 30.4. The number of rotatable bonds is 4. The molecule has 0 spiro atoms. The maximum atomic E-state index is 14.0. The predicted octanol–water partition coefficient (Wildman–Crippen LogP) is 3.53. The first-order chi connectivity index (χ1) is 14.5. The normalized spacial score (nSPS) is 11.4. The maximum absolute atomic E-state index is 14.0. The molecule has 0 saturated carbocycles. The second kappa shape index (κ2) is 6.77. The van der Waals surface area contributed by atoms with Gasteiger partial charge in [-0.25, -0.2) is 13.3 Å². The fraction of sp³-hybridized carbons (Fsp3) is 0.0455. The highest BCUT2D eigenvalue weighted by Gasteiger charge is 2.20. The Labute approximate surface area is 168 Å². The average molecular weight is 404 g/mol. The molecule has 0 bridgehead atoms. The van der Waals surface area contributed by atoms with Gasteiger partial charge in [0.05, 0.1) is 23.3 Å². The highest BCUT2D eigenvalue weighted by atomic mass is 19.1. The van der Waals surface area contributed by atoms with Crippen molar-refractivity contribution in [3.8, 4) is 0 Å². The molecule has 0 aliphatic rings. The number of fused-ring (bicyclic) bond motifs is 2. The molecule has 4 heterocycles. The van der Waals surface area contributed by atoms with Crippen molar-refractivity contribution in [1.29, 1.82) is 0 Å². The van der Waals surface area contributed by atoms with Gasteiger partial charge in [-0.15, -0.1) is 0 Å². The number of H-pyrrole nitrogens is 1. The number of halogens is 2. The van der Waals surface area contributed by atoms with Crippen molar-refractivity contribution in [2.45, 2.75) is 6.54 Å². The molecule has 6 nitrogen and oxygen atoms in total. The van der Waals surface area contributed by atoms with Gasteiger partial charge in [0.15, 0.2) is 5.78 Å². The summed E-state index contributed by atoms with van der Waals surface area (Å²) in [5.74, 6) is -2.34. The molecule has 5 rings (SSSR count). The Kier molecular flexibility index (Phi) is 4.06. The molecule has 0 atom stereocenters. The molecular formula is C22H14F2N4O2. The van der Waals surface area contributed by atoms with Crippen molar-refractivity contribution in [3.05, 3.63) is 106 Å². The standard InChI is InChI=1S/C22H14F2N4O2/c23-13-4-5-17(19(24)9-13)21(29)18-11-25-20-16(18)6-8-27(22(20)30)12-14-10-15-3-1-2-7-28(15)26-14/h1-11,25H,12H2. The van der Waals surface area contributed by atoms with Crippen LogP contribution in [0.15, 0.2) is 71.9 Å². The van der Waals surface area contributed by atoms with E-state index in [0.717, 1.165) is 17.6 Å². The molecule has 148 valence electrons. The molecule has 0 radical (unpaired) electrons. The number of pyridine rings is 2. The topological polar surface area (TPSA) is 72.2 Å². The number of carbonyl (C=O) groups is 1. The third-order valence-corrected chi connectivity index (χ3v) is 4.99. The van der Waals surface area contributed by atoms with Crippen LogP contribution in [0.25, 0.3) is 16.4 Å². The van der Waals surface area contributed by atoms with E-state index in [0.29, 0.717) is 17.1 Å². The van der Waals surface area contributed by atoms with Gasteiger partial charge in [0.2, 0.25) is 0 Å². The van der Waals surface area contributed by atoms with Gasteiger partial charge >= 0.3 is 0 Å². The van der Waals surface area contributed by atoms with Gasteiger partial charge in [0.1, 0.15) is 17.2 Å². The van der Waals surface area contributed by atoms with E-state index in [9.17, 15) is 18.4 Å². The van der Waals surface area contributed by atoms with Crippen LogP contribution in [0, 0.1) is 11.6 Å². The van der Waals surface area contributed by atoms with Crippen molar-refractivity contribution in [1.82, 2.24) is 19.2 Å². The quantitative estimate of drug-likeness (QED) is 0.466. The number of ketones is 1. The van der Waals surface area contributed by atoms with Crippen molar-refractivity contribution in [2.24, 2.45) is 0 Å². The Morgan fingerprint density at radius 3 is 2.70 bits per heavy atom. The lowest BCUT2D eigenvalue weighted by Crippen LogP contribution is -2.20. The van der Waals surface area contributed by atoms with E-state index in [2.05, 4.69) is 10.1 Å². The van der Waals surface area contributed by atoms with Crippen LogP contribution in [-0.4, -0.2) is 24.9 Å². The summed E-state index contributed by atoms with van der Waals surface area (Å²) in [5, 5.41) is 4.81. The molecule has 4 aromatic heterocycles. The molecule has 0 saturated heterocycles. The monoisotopic (exact) mass is 404 g/mol. The smallest absolute Gasteiger partial charge is 0.275 e. The van der Waals surface area contributed by atoms with E-state index < -0.39 is 17.4 Å². The number of carbonyl (C=O) groups excluding carboxylic acids is 1. The zero-order valence-electron chi connectivity index (χ0n) is 15.5. The SMILES string of the molecule is O=C(c1ccc(F)cc1F)c1c[nH]c2c(=O)n(Cc3cc4ccccn4n3)ccc12. The first kappa shape index (κ1) is 18.0. The summed E-state index contributed by atoms with van der Waals surface area (Å²) in [4.78, 5) is 28.4. The first-order valence-electron chi connectivity index (χ1n) is 9.15. The molecule has 5 aromatic rings. The lowest BCUT2D eigenvalue weighted by atomic mass is 10.0. The number of nitrogens with one attached hydrogen (secondary N) is 1. The summed E-state index contributed by atoms with van der Waals surface area (Å²) in [6.45, 7) is 0.255. The number of aromatic amines is 1. The summed E-state index contributed by atoms with van der Waals surface area (Å²) in [6.07, 6.45) is 4.76. The Balaban J connectivity index is 1.53. The van der Waals surface area contributed by atoms with Gasteiger partial charge in [0.25, 0.3) is 5.56 Å². The molecule has 1 N–H and O–H groups in total. The fourth-order valence-electron chi connectivity index (χ4n) is 3.53. The number of benzene rings is 1. The van der Waals surface area contributed by atoms with Crippen molar-refractivity contribution in [3.63, 3.8) is 0 Å². The molecule has 0 aliphatic heterocycles. The summed E-state index contributed by atoms with van der Waals surface area (Å²) in [6, 6.07) is 12.0. The third-order valence-electron chi connectivity index (χ3n) is 4.99. The number of hydrogen-bond donors (Lipinski definition) is 1. The molecule has 0 fully saturated rings. The second-order valence-electron chi connectivity index (χ2n) is 6.90. The van der Waals surface area contributed by atoms with Gasteiger partial charge in [0, 0.05) is 35.6 Å². The first-order valence-corrected chi connectivity index (χ1v) is 9.15. The summed E-state index contributed by atoms with van der Waals surface area (Å²) in [5.41, 5.74) is 1.41. The molecule has 30 heavy (non-hydrogen) atoms. The lowest BCUT2D eigenvalue weighted by molar-refractivity contribution is 0.103. The molecule has 0 aliphatic carbocycles. The highest BCUT2D eigenvalue weighted by Crippen LogP contribution is 2.21. The largest absolute Gasteiger partial charge is 0.356 e. The Hall–Kier alpha value is -4.07. The van der Waals surface area contributed by atoms with Crippen LogP contribution < -0.4 is 5.56 Å². The van der Waals surface area contributed by atoms with E-state index >= 15 is 0 Å². The van der Waals surface area contributed by atoms with Crippen LogP contribution in [0.4, 0.5) is 8.78 Å². The van der Waals surface area contributed by atoms with Crippen LogP contribution in [0.2, 0.25) is 0 Å². The number of nitrogens with zero attached hydrogens (tertiary/aromatic N) is 3. The minimum absolute atomic E-state index is 0.146.